The number of rotatable bonds is 4. The van der Waals surface area contributed by atoms with E-state index in [4.69, 9.17) is 11.6 Å². The fourth-order valence-electron chi connectivity index (χ4n) is 3.18. The molecule has 3 rings (SSSR count). The smallest absolute Gasteiger partial charge is 0.321 e. The second-order valence-corrected chi connectivity index (χ2v) is 7.96. The van der Waals surface area contributed by atoms with Crippen LogP contribution in [-0.2, 0) is 11.3 Å². The first kappa shape index (κ1) is 20.4. The molecule has 1 aromatic heterocycles. The third-order valence-corrected chi connectivity index (χ3v) is 5.85. The number of carbonyl (C=O) groups is 2. The number of aryl methyl sites for hydroxylation is 1. The Morgan fingerprint density at radius 2 is 1.93 bits per heavy atom. The number of halogens is 1. The van der Waals surface area contributed by atoms with Crippen molar-refractivity contribution >= 4 is 40.6 Å². The number of nitrogens with one attached hydrogen (secondary N) is 1. The van der Waals surface area contributed by atoms with Gasteiger partial charge in [0.25, 0.3) is 0 Å². The van der Waals surface area contributed by atoms with Gasteiger partial charge in [-0.3, -0.25) is 9.59 Å². The highest BCUT2D eigenvalue weighted by molar-refractivity contribution is 7.07. The summed E-state index contributed by atoms with van der Waals surface area (Å²) in [5.74, 6) is 0.00889. The van der Waals surface area contributed by atoms with E-state index in [1.54, 1.807) is 44.0 Å². The number of thiazole rings is 1. The van der Waals surface area contributed by atoms with E-state index < -0.39 is 0 Å². The van der Waals surface area contributed by atoms with Crippen LogP contribution in [0.2, 0.25) is 5.02 Å². The summed E-state index contributed by atoms with van der Waals surface area (Å²) in [6, 6.07) is 6.81. The lowest BCUT2D eigenvalue weighted by Gasteiger charge is -2.22. The van der Waals surface area contributed by atoms with Gasteiger partial charge in [-0.15, -0.1) is 0 Å². The molecule has 1 aliphatic rings. The molecular formula is C19H23ClN4O3S. The lowest BCUT2D eigenvalue weighted by atomic mass is 10.3. The van der Waals surface area contributed by atoms with Crippen LogP contribution in [0.3, 0.4) is 0 Å². The first-order valence-corrected chi connectivity index (χ1v) is 10.4. The van der Waals surface area contributed by atoms with Crippen molar-refractivity contribution in [1.29, 1.82) is 0 Å². The molecule has 1 N–H and O–H groups in total. The van der Waals surface area contributed by atoms with Gasteiger partial charge in [0.15, 0.2) is 0 Å². The lowest BCUT2D eigenvalue weighted by Crippen LogP contribution is -2.39. The Morgan fingerprint density at radius 3 is 2.64 bits per heavy atom. The van der Waals surface area contributed by atoms with Gasteiger partial charge in [0.2, 0.25) is 5.91 Å². The molecule has 9 heteroatoms. The summed E-state index contributed by atoms with van der Waals surface area (Å²) in [6.45, 7) is 4.40. The first-order valence-electron chi connectivity index (χ1n) is 9.18. The summed E-state index contributed by atoms with van der Waals surface area (Å²) < 4.78 is 1.63. The SMILES string of the molecule is Cc1csc(=O)n1CCC(=O)N1CCCN(C(=O)Nc2cccc(Cl)c2)CC1. The maximum atomic E-state index is 12.6. The summed E-state index contributed by atoms with van der Waals surface area (Å²) in [6.07, 6.45) is 0.998. The molecule has 2 heterocycles. The third kappa shape index (κ3) is 5.14. The van der Waals surface area contributed by atoms with Crippen LogP contribution >= 0.6 is 22.9 Å². The highest BCUT2D eigenvalue weighted by atomic mass is 35.5. The summed E-state index contributed by atoms with van der Waals surface area (Å²) in [5.41, 5.74) is 1.52. The number of nitrogens with zero attached hydrogens (tertiary/aromatic N) is 3. The summed E-state index contributed by atoms with van der Waals surface area (Å²) in [5, 5.41) is 5.20. The Morgan fingerprint density at radius 1 is 1.18 bits per heavy atom. The fourth-order valence-corrected chi connectivity index (χ4v) is 4.13. The van der Waals surface area contributed by atoms with Crippen molar-refractivity contribution in [1.82, 2.24) is 14.4 Å². The van der Waals surface area contributed by atoms with Gasteiger partial charge in [0.1, 0.15) is 0 Å². The minimum absolute atomic E-state index is 0.00889. The Bertz CT molecular complexity index is 911. The van der Waals surface area contributed by atoms with Crippen molar-refractivity contribution in [2.75, 3.05) is 31.5 Å². The Kier molecular flexibility index (Phi) is 6.74. The van der Waals surface area contributed by atoms with Crippen molar-refractivity contribution in [2.24, 2.45) is 0 Å². The number of hydrogen-bond acceptors (Lipinski definition) is 4. The number of amides is 3. The minimum Gasteiger partial charge on any atom is -0.341 e. The Hall–Kier alpha value is -2.32. The molecule has 1 aromatic carbocycles. The highest BCUT2D eigenvalue weighted by Crippen LogP contribution is 2.16. The second kappa shape index (κ2) is 9.25. The predicted molar refractivity (Wildman–Crippen MR) is 111 cm³/mol. The molecule has 1 saturated heterocycles. The minimum atomic E-state index is -0.197. The van der Waals surface area contributed by atoms with E-state index in [-0.39, 0.29) is 23.2 Å². The van der Waals surface area contributed by atoms with Gasteiger partial charge < -0.3 is 19.7 Å². The van der Waals surface area contributed by atoms with Gasteiger partial charge >= 0.3 is 10.9 Å². The van der Waals surface area contributed by atoms with Crippen molar-refractivity contribution in [3.63, 3.8) is 0 Å². The Balaban J connectivity index is 1.51. The zero-order chi connectivity index (χ0) is 20.1. The first-order chi connectivity index (χ1) is 13.4. The van der Waals surface area contributed by atoms with Gasteiger partial charge in [0, 0.05) is 60.9 Å². The van der Waals surface area contributed by atoms with Crippen molar-refractivity contribution in [3.05, 3.63) is 50.0 Å². The fraction of sp³-hybridized carbons (Fsp3) is 0.421. The molecule has 1 aliphatic heterocycles. The maximum Gasteiger partial charge on any atom is 0.321 e. The molecule has 0 atom stereocenters. The van der Waals surface area contributed by atoms with E-state index in [1.807, 2.05) is 6.92 Å². The molecule has 2 aromatic rings. The molecule has 0 spiro atoms. The van der Waals surface area contributed by atoms with E-state index in [1.165, 1.54) is 0 Å². The predicted octanol–water partition coefficient (Wildman–Crippen LogP) is 3.03. The molecule has 150 valence electrons. The third-order valence-electron chi connectivity index (χ3n) is 4.74. The van der Waals surface area contributed by atoms with E-state index in [0.29, 0.717) is 49.9 Å². The molecule has 0 bridgehead atoms. The molecule has 0 radical (unpaired) electrons. The van der Waals surface area contributed by atoms with Crippen molar-refractivity contribution in [2.45, 2.75) is 26.3 Å². The monoisotopic (exact) mass is 422 g/mol. The quantitative estimate of drug-likeness (QED) is 0.822. The van der Waals surface area contributed by atoms with Crippen LogP contribution in [0.25, 0.3) is 0 Å². The van der Waals surface area contributed by atoms with E-state index in [9.17, 15) is 14.4 Å². The summed E-state index contributed by atoms with van der Waals surface area (Å²) >= 11 is 7.10. The van der Waals surface area contributed by atoms with Crippen LogP contribution in [0.15, 0.2) is 34.4 Å². The van der Waals surface area contributed by atoms with E-state index in [0.717, 1.165) is 17.0 Å². The summed E-state index contributed by atoms with van der Waals surface area (Å²) in [7, 11) is 0. The number of aromatic nitrogens is 1. The van der Waals surface area contributed by atoms with E-state index >= 15 is 0 Å². The maximum absolute atomic E-state index is 12.6. The van der Waals surface area contributed by atoms with E-state index in [2.05, 4.69) is 5.32 Å². The van der Waals surface area contributed by atoms with Crippen molar-refractivity contribution in [3.8, 4) is 0 Å². The largest absolute Gasteiger partial charge is 0.341 e. The molecule has 28 heavy (non-hydrogen) atoms. The molecule has 3 amide bonds. The Labute approximate surface area is 172 Å². The molecule has 0 aliphatic carbocycles. The summed E-state index contributed by atoms with van der Waals surface area (Å²) in [4.78, 5) is 40.3. The normalized spacial score (nSPS) is 14.6. The number of anilines is 1. The molecule has 1 fully saturated rings. The zero-order valence-corrected chi connectivity index (χ0v) is 17.3. The van der Waals surface area contributed by atoms with Gasteiger partial charge in [-0.1, -0.05) is 29.0 Å². The number of hydrogen-bond donors (Lipinski definition) is 1. The highest BCUT2D eigenvalue weighted by Gasteiger charge is 2.22. The van der Waals surface area contributed by atoms with Crippen LogP contribution in [0.5, 0.6) is 0 Å². The van der Waals surface area contributed by atoms with Gasteiger partial charge in [-0.2, -0.15) is 0 Å². The number of urea groups is 1. The number of carbonyl (C=O) groups excluding carboxylic acids is 2. The lowest BCUT2D eigenvalue weighted by molar-refractivity contribution is -0.131. The average Bonchev–Trinajstić information content (AvgIpc) is 2.86. The van der Waals surface area contributed by atoms with Crippen LogP contribution in [-0.4, -0.2) is 52.5 Å². The molecule has 7 nitrogen and oxygen atoms in total. The van der Waals surface area contributed by atoms with Crippen LogP contribution in [0.1, 0.15) is 18.5 Å². The topological polar surface area (TPSA) is 74.7 Å². The standard InChI is InChI=1S/C19H23ClN4O3S/c1-14-13-28-19(27)24(14)9-6-17(25)22-7-3-8-23(11-10-22)18(26)21-16-5-2-4-15(20)12-16/h2,4-5,12-13H,3,6-11H2,1H3,(H,21,26). The average molecular weight is 423 g/mol. The van der Waals surface area contributed by atoms with Crippen LogP contribution in [0, 0.1) is 6.92 Å². The number of benzene rings is 1. The van der Waals surface area contributed by atoms with Gasteiger partial charge in [-0.25, -0.2) is 4.79 Å². The second-order valence-electron chi connectivity index (χ2n) is 6.71. The molecular weight excluding hydrogens is 400 g/mol. The van der Waals surface area contributed by atoms with Crippen LogP contribution < -0.4 is 10.2 Å². The van der Waals surface area contributed by atoms with Gasteiger partial charge in [-0.05, 0) is 31.5 Å². The molecule has 0 unspecified atom stereocenters. The molecule has 0 saturated carbocycles. The van der Waals surface area contributed by atoms with Crippen molar-refractivity contribution < 1.29 is 9.59 Å². The van der Waals surface area contributed by atoms with Gasteiger partial charge in [0.05, 0.1) is 0 Å². The zero-order valence-electron chi connectivity index (χ0n) is 15.7. The van der Waals surface area contributed by atoms with Crippen LogP contribution in [0.4, 0.5) is 10.5 Å².